The second-order valence-electron chi connectivity index (χ2n) is 5.42. The van der Waals surface area contributed by atoms with Crippen LogP contribution in [0.25, 0.3) is 6.08 Å². The van der Waals surface area contributed by atoms with Crippen molar-refractivity contribution < 1.29 is 14.7 Å². The zero-order valence-electron chi connectivity index (χ0n) is 13.1. The van der Waals surface area contributed by atoms with E-state index in [1.54, 1.807) is 48.5 Å². The molecule has 2 aromatic rings. The van der Waals surface area contributed by atoms with E-state index in [0.717, 1.165) is 0 Å². The number of halogens is 2. The van der Waals surface area contributed by atoms with E-state index in [-0.39, 0.29) is 12.3 Å². The third-order valence-electron chi connectivity index (χ3n) is 3.59. The summed E-state index contributed by atoms with van der Waals surface area (Å²) in [6, 6.07) is 11.7. The fraction of sp³-hybridized carbons (Fsp3) is 0.0556. The molecule has 1 amide bonds. The van der Waals surface area contributed by atoms with Gasteiger partial charge in [0, 0.05) is 10.0 Å². The Bertz CT molecular complexity index is 942. The second-order valence-corrected chi connectivity index (χ2v) is 7.94. The van der Waals surface area contributed by atoms with E-state index in [1.165, 1.54) is 16.7 Å². The van der Waals surface area contributed by atoms with Crippen LogP contribution in [-0.4, -0.2) is 21.3 Å². The quantitative estimate of drug-likeness (QED) is 0.552. The van der Waals surface area contributed by atoms with Gasteiger partial charge in [0.05, 0.1) is 17.0 Å². The third kappa shape index (κ3) is 4.10. The van der Waals surface area contributed by atoms with E-state index in [4.69, 9.17) is 40.5 Å². The fourth-order valence-corrected chi connectivity index (χ4v) is 4.14. The average molecular weight is 424 g/mol. The molecule has 0 saturated carbocycles. The lowest BCUT2D eigenvalue weighted by Gasteiger charge is -2.14. The summed E-state index contributed by atoms with van der Waals surface area (Å²) in [6.07, 6.45) is 1.60. The van der Waals surface area contributed by atoms with Gasteiger partial charge in [-0.2, -0.15) is 0 Å². The van der Waals surface area contributed by atoms with Crippen LogP contribution in [0.5, 0.6) is 0 Å². The predicted octanol–water partition coefficient (Wildman–Crippen LogP) is 5.03. The number of nitrogens with zero attached hydrogens (tertiary/aromatic N) is 1. The van der Waals surface area contributed by atoms with Gasteiger partial charge in [-0.05, 0) is 41.5 Å². The Balaban J connectivity index is 1.87. The molecule has 26 heavy (non-hydrogen) atoms. The minimum absolute atomic E-state index is 0.0758. The maximum absolute atomic E-state index is 12.7. The molecule has 0 radical (unpaired) electrons. The molecule has 1 aliphatic rings. The van der Waals surface area contributed by atoms with Crippen molar-refractivity contribution in [2.24, 2.45) is 0 Å². The average Bonchev–Trinajstić information content (AvgIpc) is 2.84. The number of thioether (sulfide) groups is 1. The summed E-state index contributed by atoms with van der Waals surface area (Å²) in [6.45, 7) is 0. The number of carboxylic acid groups (broad SMARTS) is 1. The van der Waals surface area contributed by atoms with Crippen LogP contribution in [0.3, 0.4) is 0 Å². The Morgan fingerprint density at radius 2 is 1.88 bits per heavy atom. The SMILES string of the molecule is O=C(O)Cc1ccc(N2C(=O)/C(=C/c3ccc(Cl)cc3Cl)SC2=S)cc1. The summed E-state index contributed by atoms with van der Waals surface area (Å²) >= 11 is 18.6. The highest BCUT2D eigenvalue weighted by molar-refractivity contribution is 8.27. The van der Waals surface area contributed by atoms with Gasteiger partial charge in [0.2, 0.25) is 0 Å². The Labute approximate surface area is 169 Å². The summed E-state index contributed by atoms with van der Waals surface area (Å²) in [5.41, 5.74) is 1.91. The lowest BCUT2D eigenvalue weighted by molar-refractivity contribution is -0.136. The molecule has 0 atom stereocenters. The summed E-state index contributed by atoms with van der Waals surface area (Å²) < 4.78 is 0.400. The molecule has 0 bridgehead atoms. The molecule has 4 nitrogen and oxygen atoms in total. The number of rotatable bonds is 4. The van der Waals surface area contributed by atoms with Crippen molar-refractivity contribution in [3.8, 4) is 0 Å². The molecule has 1 heterocycles. The minimum atomic E-state index is -0.911. The van der Waals surface area contributed by atoms with Crippen molar-refractivity contribution in [1.82, 2.24) is 0 Å². The molecule has 3 rings (SSSR count). The van der Waals surface area contributed by atoms with Crippen LogP contribution >= 0.6 is 47.2 Å². The highest BCUT2D eigenvalue weighted by atomic mass is 35.5. The molecule has 0 spiro atoms. The highest BCUT2D eigenvalue weighted by Gasteiger charge is 2.33. The third-order valence-corrected chi connectivity index (χ3v) is 5.46. The molecule has 132 valence electrons. The Morgan fingerprint density at radius 3 is 2.50 bits per heavy atom. The van der Waals surface area contributed by atoms with Gasteiger partial charge in [-0.3, -0.25) is 14.5 Å². The van der Waals surface area contributed by atoms with Crippen LogP contribution in [-0.2, 0) is 16.0 Å². The molecular formula is C18H11Cl2NO3S2. The number of amides is 1. The zero-order valence-corrected chi connectivity index (χ0v) is 16.3. The van der Waals surface area contributed by atoms with Crippen molar-refractivity contribution in [3.05, 3.63) is 68.5 Å². The standard InChI is InChI=1S/C18H11Cl2NO3S2/c19-12-4-3-11(14(20)9-12)8-15-17(24)21(18(25)26-15)13-5-1-10(2-6-13)7-16(22)23/h1-6,8-9H,7H2,(H,22,23)/b15-8-. The van der Waals surface area contributed by atoms with Crippen LogP contribution < -0.4 is 4.90 Å². The zero-order chi connectivity index (χ0) is 18.8. The van der Waals surface area contributed by atoms with Crippen LogP contribution in [0, 0.1) is 0 Å². The lowest BCUT2D eigenvalue weighted by atomic mass is 10.1. The summed E-state index contributed by atoms with van der Waals surface area (Å²) in [4.78, 5) is 25.4. The van der Waals surface area contributed by atoms with Crippen LogP contribution in [0.15, 0.2) is 47.4 Å². The smallest absolute Gasteiger partial charge is 0.307 e. The topological polar surface area (TPSA) is 57.6 Å². The van der Waals surface area contributed by atoms with E-state index < -0.39 is 5.97 Å². The number of anilines is 1. The largest absolute Gasteiger partial charge is 0.481 e. The van der Waals surface area contributed by atoms with E-state index in [0.29, 0.717) is 36.1 Å². The second kappa shape index (κ2) is 7.80. The normalized spacial score (nSPS) is 15.8. The highest BCUT2D eigenvalue weighted by Crippen LogP contribution is 2.37. The first kappa shape index (κ1) is 18.9. The summed E-state index contributed by atoms with van der Waals surface area (Å²) in [5, 5.41) is 9.79. The van der Waals surface area contributed by atoms with Crippen molar-refractivity contribution in [1.29, 1.82) is 0 Å². The number of hydrogen-bond acceptors (Lipinski definition) is 4. The van der Waals surface area contributed by atoms with Gasteiger partial charge < -0.3 is 5.11 Å². The predicted molar refractivity (Wildman–Crippen MR) is 110 cm³/mol. The number of carbonyl (C=O) groups excluding carboxylic acids is 1. The van der Waals surface area contributed by atoms with Crippen molar-refractivity contribution in [2.75, 3.05) is 4.90 Å². The van der Waals surface area contributed by atoms with E-state index in [9.17, 15) is 9.59 Å². The molecule has 0 unspecified atom stereocenters. The van der Waals surface area contributed by atoms with Gasteiger partial charge in [0.15, 0.2) is 4.32 Å². The number of thiocarbonyl (C=S) groups is 1. The van der Waals surface area contributed by atoms with Crippen molar-refractivity contribution in [2.45, 2.75) is 6.42 Å². The van der Waals surface area contributed by atoms with Crippen LogP contribution in [0.2, 0.25) is 10.0 Å². The maximum atomic E-state index is 12.7. The Kier molecular flexibility index (Phi) is 5.67. The van der Waals surface area contributed by atoms with Gasteiger partial charge in [0.25, 0.3) is 5.91 Å². The van der Waals surface area contributed by atoms with E-state index >= 15 is 0 Å². The van der Waals surface area contributed by atoms with Crippen molar-refractivity contribution >= 4 is 75.1 Å². The molecular weight excluding hydrogens is 413 g/mol. The van der Waals surface area contributed by atoms with Gasteiger partial charge in [0.1, 0.15) is 0 Å². The Hall–Kier alpha value is -1.86. The van der Waals surface area contributed by atoms with Gasteiger partial charge >= 0.3 is 5.97 Å². The molecule has 2 aromatic carbocycles. The van der Waals surface area contributed by atoms with Crippen LogP contribution in [0.1, 0.15) is 11.1 Å². The van der Waals surface area contributed by atoms with Gasteiger partial charge in [-0.25, -0.2) is 0 Å². The van der Waals surface area contributed by atoms with E-state index in [1.807, 2.05) is 0 Å². The van der Waals surface area contributed by atoms with Gasteiger partial charge in [-0.1, -0.05) is 65.4 Å². The molecule has 1 N–H and O–H groups in total. The lowest BCUT2D eigenvalue weighted by Crippen LogP contribution is -2.27. The fourth-order valence-electron chi connectivity index (χ4n) is 2.39. The number of hydrogen-bond donors (Lipinski definition) is 1. The molecule has 1 saturated heterocycles. The first-order chi connectivity index (χ1) is 12.3. The monoisotopic (exact) mass is 423 g/mol. The van der Waals surface area contributed by atoms with E-state index in [2.05, 4.69) is 0 Å². The summed E-state index contributed by atoms with van der Waals surface area (Å²) in [5.74, 6) is -1.16. The van der Waals surface area contributed by atoms with Crippen LogP contribution in [0.4, 0.5) is 5.69 Å². The van der Waals surface area contributed by atoms with Crippen molar-refractivity contribution in [3.63, 3.8) is 0 Å². The minimum Gasteiger partial charge on any atom is -0.481 e. The first-order valence-electron chi connectivity index (χ1n) is 7.39. The maximum Gasteiger partial charge on any atom is 0.307 e. The van der Waals surface area contributed by atoms with Gasteiger partial charge in [-0.15, -0.1) is 0 Å². The number of carboxylic acids is 1. The molecule has 8 heteroatoms. The number of carbonyl (C=O) groups is 2. The number of aliphatic carboxylic acids is 1. The Morgan fingerprint density at radius 1 is 1.19 bits per heavy atom. The number of benzene rings is 2. The molecule has 1 fully saturated rings. The molecule has 0 aromatic heterocycles. The summed E-state index contributed by atoms with van der Waals surface area (Å²) in [7, 11) is 0. The first-order valence-corrected chi connectivity index (χ1v) is 9.37. The molecule has 0 aliphatic carbocycles. The molecule has 1 aliphatic heterocycles.